The van der Waals surface area contributed by atoms with Crippen LogP contribution in [0, 0.1) is 0 Å². The van der Waals surface area contributed by atoms with Crippen molar-refractivity contribution in [2.75, 3.05) is 20.1 Å². The summed E-state index contributed by atoms with van der Waals surface area (Å²) < 4.78 is 0. The second kappa shape index (κ2) is 7.14. The number of carbonyl (C=O) groups excluding carboxylic acids is 2. The third kappa shape index (κ3) is 4.55. The number of thiophene rings is 1. The summed E-state index contributed by atoms with van der Waals surface area (Å²) in [4.78, 5) is 23.6. The summed E-state index contributed by atoms with van der Waals surface area (Å²) in [5.74, 6) is -0.0288. The number of likely N-dealkylation sites (N-methyl/N-ethyl adjacent to an activating group) is 1. The highest BCUT2D eigenvalue weighted by Gasteiger charge is 2.09. The normalized spacial score (nSPS) is 10.1. The van der Waals surface area contributed by atoms with Gasteiger partial charge in [-0.05, 0) is 18.5 Å². The molecule has 2 N–H and O–H groups in total. The van der Waals surface area contributed by atoms with Crippen molar-refractivity contribution in [2.45, 2.75) is 12.8 Å². The van der Waals surface area contributed by atoms with Gasteiger partial charge in [0, 0.05) is 25.9 Å². The van der Waals surface area contributed by atoms with Crippen LogP contribution in [0.15, 0.2) is 17.5 Å². The Morgan fingerprint density at radius 2 is 2.12 bits per heavy atom. The fourth-order valence-electron chi connectivity index (χ4n) is 1.20. The van der Waals surface area contributed by atoms with Crippen LogP contribution in [0.5, 0.6) is 0 Å². The lowest BCUT2D eigenvalue weighted by Crippen LogP contribution is -2.30. The number of rotatable bonds is 7. The van der Waals surface area contributed by atoms with Crippen molar-refractivity contribution in [3.8, 4) is 0 Å². The standard InChI is InChI=1S/C11H16N2O2S/c1-12-6-7-13-11(15)5-4-9(14)10-3-2-8-16-10/h2-3,8,12H,4-7H2,1H3,(H,13,15). The van der Waals surface area contributed by atoms with E-state index in [2.05, 4.69) is 10.6 Å². The lowest BCUT2D eigenvalue weighted by Gasteiger charge is -2.03. The van der Waals surface area contributed by atoms with E-state index in [0.29, 0.717) is 6.54 Å². The Kier molecular flexibility index (Phi) is 5.74. The molecule has 1 amide bonds. The molecule has 0 radical (unpaired) electrons. The molecule has 0 spiro atoms. The van der Waals surface area contributed by atoms with E-state index in [4.69, 9.17) is 0 Å². The van der Waals surface area contributed by atoms with E-state index < -0.39 is 0 Å². The molecule has 4 nitrogen and oxygen atoms in total. The predicted octanol–water partition coefficient (Wildman–Crippen LogP) is 1.05. The van der Waals surface area contributed by atoms with Gasteiger partial charge in [0.2, 0.25) is 5.91 Å². The molecule has 0 atom stereocenters. The zero-order chi connectivity index (χ0) is 11.8. The molecule has 0 saturated heterocycles. The Balaban J connectivity index is 2.19. The zero-order valence-corrected chi connectivity index (χ0v) is 10.1. The van der Waals surface area contributed by atoms with E-state index in [-0.39, 0.29) is 24.5 Å². The molecule has 1 aromatic heterocycles. The van der Waals surface area contributed by atoms with Crippen molar-refractivity contribution in [1.29, 1.82) is 0 Å². The Bertz CT molecular complexity index is 336. The fraction of sp³-hybridized carbons (Fsp3) is 0.455. The van der Waals surface area contributed by atoms with Gasteiger partial charge in [-0.15, -0.1) is 11.3 Å². The van der Waals surface area contributed by atoms with Crippen LogP contribution < -0.4 is 10.6 Å². The number of hydrogen-bond donors (Lipinski definition) is 2. The van der Waals surface area contributed by atoms with Crippen LogP contribution in [0.25, 0.3) is 0 Å². The summed E-state index contributed by atoms with van der Waals surface area (Å²) in [6, 6.07) is 3.62. The summed E-state index contributed by atoms with van der Waals surface area (Å²) in [5.41, 5.74) is 0. The second-order valence-corrected chi connectivity index (χ2v) is 4.30. The molecule has 0 aliphatic heterocycles. The molecule has 1 aromatic rings. The largest absolute Gasteiger partial charge is 0.355 e. The van der Waals surface area contributed by atoms with Crippen LogP contribution in [0.3, 0.4) is 0 Å². The molecule has 0 aliphatic rings. The summed E-state index contributed by atoms with van der Waals surface area (Å²) in [7, 11) is 1.83. The molecule has 0 fully saturated rings. The van der Waals surface area contributed by atoms with Crippen molar-refractivity contribution >= 4 is 23.0 Å². The van der Waals surface area contributed by atoms with E-state index in [1.807, 2.05) is 18.5 Å². The van der Waals surface area contributed by atoms with E-state index in [9.17, 15) is 9.59 Å². The summed E-state index contributed by atoms with van der Waals surface area (Å²) >= 11 is 1.41. The predicted molar refractivity (Wildman–Crippen MR) is 64.8 cm³/mol. The third-order valence-corrected chi connectivity index (χ3v) is 2.98. The number of Topliss-reactive ketones (excluding diaryl/α,β-unsaturated/α-hetero) is 1. The topological polar surface area (TPSA) is 58.2 Å². The summed E-state index contributed by atoms with van der Waals surface area (Å²) in [5, 5.41) is 7.53. The molecule has 1 heterocycles. The van der Waals surface area contributed by atoms with Gasteiger partial charge in [-0.25, -0.2) is 0 Å². The Labute approximate surface area is 99.0 Å². The van der Waals surface area contributed by atoms with Crippen LogP contribution in [0.1, 0.15) is 22.5 Å². The van der Waals surface area contributed by atoms with E-state index in [0.717, 1.165) is 11.4 Å². The Morgan fingerprint density at radius 1 is 1.31 bits per heavy atom. The highest BCUT2D eigenvalue weighted by Crippen LogP contribution is 2.11. The van der Waals surface area contributed by atoms with Gasteiger partial charge in [0.15, 0.2) is 5.78 Å². The third-order valence-electron chi connectivity index (χ3n) is 2.07. The van der Waals surface area contributed by atoms with Crippen molar-refractivity contribution in [3.05, 3.63) is 22.4 Å². The van der Waals surface area contributed by atoms with Gasteiger partial charge in [-0.3, -0.25) is 9.59 Å². The Morgan fingerprint density at radius 3 is 2.75 bits per heavy atom. The first-order valence-electron chi connectivity index (χ1n) is 5.22. The van der Waals surface area contributed by atoms with Gasteiger partial charge in [-0.2, -0.15) is 0 Å². The molecule has 88 valence electrons. The fourth-order valence-corrected chi connectivity index (χ4v) is 1.90. The maximum absolute atomic E-state index is 11.6. The van der Waals surface area contributed by atoms with Crippen molar-refractivity contribution in [1.82, 2.24) is 10.6 Å². The maximum Gasteiger partial charge on any atom is 0.220 e. The maximum atomic E-state index is 11.6. The first kappa shape index (κ1) is 12.9. The number of nitrogens with one attached hydrogen (secondary N) is 2. The van der Waals surface area contributed by atoms with Gasteiger partial charge in [-0.1, -0.05) is 6.07 Å². The van der Waals surface area contributed by atoms with Crippen LogP contribution >= 0.6 is 11.3 Å². The Hall–Kier alpha value is -1.20. The molecule has 0 bridgehead atoms. The quantitative estimate of drug-likeness (QED) is 0.553. The number of amides is 1. The summed E-state index contributed by atoms with van der Waals surface area (Å²) in [6.45, 7) is 1.34. The lowest BCUT2D eigenvalue weighted by atomic mass is 10.2. The first-order valence-corrected chi connectivity index (χ1v) is 6.10. The molecular weight excluding hydrogens is 224 g/mol. The minimum atomic E-state index is -0.0693. The van der Waals surface area contributed by atoms with Crippen LogP contribution in [0.2, 0.25) is 0 Å². The molecule has 0 aliphatic carbocycles. The van der Waals surface area contributed by atoms with Gasteiger partial charge < -0.3 is 10.6 Å². The van der Waals surface area contributed by atoms with Crippen LogP contribution in [-0.2, 0) is 4.79 Å². The SMILES string of the molecule is CNCCNC(=O)CCC(=O)c1cccs1. The minimum absolute atomic E-state index is 0.0405. The number of ketones is 1. The van der Waals surface area contributed by atoms with Crippen molar-refractivity contribution in [3.63, 3.8) is 0 Å². The highest BCUT2D eigenvalue weighted by atomic mass is 32.1. The molecule has 5 heteroatoms. The van der Waals surface area contributed by atoms with E-state index in [1.165, 1.54) is 11.3 Å². The number of hydrogen-bond acceptors (Lipinski definition) is 4. The minimum Gasteiger partial charge on any atom is -0.355 e. The average molecular weight is 240 g/mol. The average Bonchev–Trinajstić information content (AvgIpc) is 2.79. The van der Waals surface area contributed by atoms with E-state index in [1.54, 1.807) is 6.07 Å². The van der Waals surface area contributed by atoms with Gasteiger partial charge >= 0.3 is 0 Å². The van der Waals surface area contributed by atoms with Gasteiger partial charge in [0.1, 0.15) is 0 Å². The van der Waals surface area contributed by atoms with Gasteiger partial charge in [0.05, 0.1) is 4.88 Å². The van der Waals surface area contributed by atoms with E-state index >= 15 is 0 Å². The van der Waals surface area contributed by atoms with Gasteiger partial charge in [0.25, 0.3) is 0 Å². The molecule has 0 saturated carbocycles. The first-order chi connectivity index (χ1) is 7.74. The van der Waals surface area contributed by atoms with Crippen LogP contribution in [-0.4, -0.2) is 31.8 Å². The smallest absolute Gasteiger partial charge is 0.220 e. The molecule has 16 heavy (non-hydrogen) atoms. The monoisotopic (exact) mass is 240 g/mol. The highest BCUT2D eigenvalue weighted by molar-refractivity contribution is 7.12. The van der Waals surface area contributed by atoms with Crippen molar-refractivity contribution in [2.24, 2.45) is 0 Å². The molecule has 0 aromatic carbocycles. The van der Waals surface area contributed by atoms with Crippen LogP contribution in [0.4, 0.5) is 0 Å². The van der Waals surface area contributed by atoms with Crippen molar-refractivity contribution < 1.29 is 9.59 Å². The number of carbonyl (C=O) groups is 2. The molecule has 1 rings (SSSR count). The molecule has 0 unspecified atom stereocenters. The summed E-state index contributed by atoms with van der Waals surface area (Å²) in [6.07, 6.45) is 0.548. The zero-order valence-electron chi connectivity index (χ0n) is 9.29. The lowest BCUT2D eigenvalue weighted by molar-refractivity contribution is -0.121. The molecular formula is C11H16N2O2S. The second-order valence-electron chi connectivity index (χ2n) is 3.35.